The van der Waals surface area contributed by atoms with Crippen LogP contribution in [0.1, 0.15) is 48.0 Å². The molecule has 1 N–H and O–H groups in total. The van der Waals surface area contributed by atoms with Crippen LogP contribution in [0.2, 0.25) is 0 Å². The number of ether oxygens (including phenoxy) is 2. The van der Waals surface area contributed by atoms with Crippen LogP contribution in [0.15, 0.2) is 12.1 Å². The van der Waals surface area contributed by atoms with Crippen molar-refractivity contribution in [2.24, 2.45) is 0 Å². The number of hydrogen-bond acceptors (Lipinski definition) is 4. The monoisotopic (exact) mass is 277 g/mol. The fourth-order valence-corrected chi connectivity index (χ4v) is 2.74. The molecule has 1 aromatic carbocycles. The molecular weight excluding hydrogens is 254 g/mol. The number of carbonyl (C=O) groups excluding carboxylic acids is 1. The first kappa shape index (κ1) is 14.7. The minimum Gasteiger partial charge on any atom is -0.497 e. The standard InChI is InChI=1S/C16H23NO3/c1-11-14(16(18)20-3)9-13(19-2)10-15(11)17-12-7-5-4-6-8-12/h9-10,12,17H,4-8H2,1-3H3. The Kier molecular flexibility index (Phi) is 4.88. The lowest BCUT2D eigenvalue weighted by Gasteiger charge is -2.25. The topological polar surface area (TPSA) is 47.6 Å². The molecule has 1 saturated carbocycles. The Hall–Kier alpha value is -1.71. The van der Waals surface area contributed by atoms with Gasteiger partial charge in [-0.25, -0.2) is 4.79 Å². The summed E-state index contributed by atoms with van der Waals surface area (Å²) < 4.78 is 10.1. The Bertz CT molecular complexity index is 479. The van der Waals surface area contributed by atoms with Crippen LogP contribution in [0.25, 0.3) is 0 Å². The predicted octanol–water partition coefficient (Wildman–Crippen LogP) is 3.53. The Morgan fingerprint density at radius 2 is 1.90 bits per heavy atom. The van der Waals surface area contributed by atoms with E-state index in [1.54, 1.807) is 13.2 Å². The predicted molar refractivity (Wildman–Crippen MR) is 79.6 cm³/mol. The van der Waals surface area contributed by atoms with E-state index in [0.29, 0.717) is 17.4 Å². The van der Waals surface area contributed by atoms with E-state index in [0.717, 1.165) is 11.3 Å². The molecule has 1 aliphatic carbocycles. The minimum atomic E-state index is -0.326. The van der Waals surface area contributed by atoms with E-state index >= 15 is 0 Å². The van der Waals surface area contributed by atoms with E-state index < -0.39 is 0 Å². The van der Waals surface area contributed by atoms with Gasteiger partial charge in [0.05, 0.1) is 19.8 Å². The fraction of sp³-hybridized carbons (Fsp3) is 0.562. The average molecular weight is 277 g/mol. The van der Waals surface area contributed by atoms with Crippen LogP contribution in [-0.4, -0.2) is 26.2 Å². The lowest BCUT2D eigenvalue weighted by Crippen LogP contribution is -2.23. The highest BCUT2D eigenvalue weighted by Crippen LogP contribution is 2.29. The second-order valence-electron chi connectivity index (χ2n) is 5.32. The van der Waals surface area contributed by atoms with Gasteiger partial charge in [-0.2, -0.15) is 0 Å². The quantitative estimate of drug-likeness (QED) is 0.855. The van der Waals surface area contributed by atoms with Crippen molar-refractivity contribution >= 4 is 11.7 Å². The largest absolute Gasteiger partial charge is 0.497 e. The minimum absolute atomic E-state index is 0.326. The van der Waals surface area contributed by atoms with Gasteiger partial charge in [0.1, 0.15) is 5.75 Å². The maximum atomic E-state index is 11.8. The molecule has 0 atom stereocenters. The van der Waals surface area contributed by atoms with Crippen LogP contribution in [0.3, 0.4) is 0 Å². The lowest BCUT2D eigenvalue weighted by molar-refractivity contribution is 0.0599. The van der Waals surface area contributed by atoms with E-state index in [1.165, 1.54) is 39.2 Å². The van der Waals surface area contributed by atoms with Crippen molar-refractivity contribution in [3.05, 3.63) is 23.3 Å². The maximum Gasteiger partial charge on any atom is 0.338 e. The molecule has 0 aliphatic heterocycles. The number of carbonyl (C=O) groups is 1. The third-order valence-electron chi connectivity index (χ3n) is 3.99. The molecule has 110 valence electrons. The van der Waals surface area contributed by atoms with E-state index in [1.807, 2.05) is 13.0 Å². The molecule has 0 radical (unpaired) electrons. The first-order valence-electron chi connectivity index (χ1n) is 7.19. The van der Waals surface area contributed by atoms with Crippen molar-refractivity contribution in [3.63, 3.8) is 0 Å². The van der Waals surface area contributed by atoms with Gasteiger partial charge in [0.2, 0.25) is 0 Å². The molecule has 0 saturated heterocycles. The summed E-state index contributed by atoms with van der Waals surface area (Å²) in [5.74, 6) is 0.349. The summed E-state index contributed by atoms with van der Waals surface area (Å²) in [7, 11) is 3.01. The van der Waals surface area contributed by atoms with Gasteiger partial charge in [0, 0.05) is 17.8 Å². The Morgan fingerprint density at radius 1 is 1.20 bits per heavy atom. The molecule has 4 heteroatoms. The van der Waals surface area contributed by atoms with Gasteiger partial charge in [0.25, 0.3) is 0 Å². The van der Waals surface area contributed by atoms with Crippen LogP contribution < -0.4 is 10.1 Å². The lowest BCUT2D eigenvalue weighted by atomic mass is 9.94. The van der Waals surface area contributed by atoms with Crippen molar-refractivity contribution < 1.29 is 14.3 Å². The Labute approximate surface area is 120 Å². The van der Waals surface area contributed by atoms with Crippen LogP contribution in [0.5, 0.6) is 5.75 Å². The van der Waals surface area contributed by atoms with Gasteiger partial charge in [-0.15, -0.1) is 0 Å². The summed E-state index contributed by atoms with van der Waals surface area (Å²) in [5, 5.41) is 3.56. The second kappa shape index (κ2) is 6.64. The maximum absolute atomic E-state index is 11.8. The molecule has 1 fully saturated rings. The molecule has 0 aromatic heterocycles. The molecule has 0 unspecified atom stereocenters. The van der Waals surface area contributed by atoms with Crippen LogP contribution in [0.4, 0.5) is 5.69 Å². The SMILES string of the molecule is COC(=O)c1cc(OC)cc(NC2CCCCC2)c1C. The molecule has 0 heterocycles. The van der Waals surface area contributed by atoms with Crippen molar-refractivity contribution in [2.75, 3.05) is 19.5 Å². The van der Waals surface area contributed by atoms with Gasteiger partial charge in [-0.3, -0.25) is 0 Å². The van der Waals surface area contributed by atoms with Gasteiger partial charge >= 0.3 is 5.97 Å². The summed E-state index contributed by atoms with van der Waals surface area (Å²) in [5.41, 5.74) is 2.45. The summed E-state index contributed by atoms with van der Waals surface area (Å²) >= 11 is 0. The van der Waals surface area contributed by atoms with Gasteiger partial charge in [0.15, 0.2) is 0 Å². The molecule has 0 amide bonds. The Morgan fingerprint density at radius 3 is 2.50 bits per heavy atom. The second-order valence-corrected chi connectivity index (χ2v) is 5.32. The highest BCUT2D eigenvalue weighted by atomic mass is 16.5. The highest BCUT2D eigenvalue weighted by molar-refractivity contribution is 5.93. The van der Waals surface area contributed by atoms with Crippen LogP contribution in [-0.2, 0) is 4.74 Å². The molecule has 1 aliphatic rings. The van der Waals surface area contributed by atoms with E-state index in [-0.39, 0.29) is 5.97 Å². The van der Waals surface area contributed by atoms with Crippen molar-refractivity contribution in [2.45, 2.75) is 45.1 Å². The summed E-state index contributed by atoms with van der Waals surface area (Å²) in [6, 6.07) is 4.17. The number of anilines is 1. The molecule has 4 nitrogen and oxygen atoms in total. The number of esters is 1. The van der Waals surface area contributed by atoms with Gasteiger partial charge in [-0.1, -0.05) is 19.3 Å². The first-order valence-corrected chi connectivity index (χ1v) is 7.19. The zero-order chi connectivity index (χ0) is 14.5. The van der Waals surface area contributed by atoms with Crippen LogP contribution in [0, 0.1) is 6.92 Å². The number of methoxy groups -OCH3 is 2. The number of rotatable bonds is 4. The summed E-state index contributed by atoms with van der Waals surface area (Å²) in [4.78, 5) is 11.8. The van der Waals surface area contributed by atoms with E-state index in [9.17, 15) is 4.79 Å². The molecule has 2 rings (SSSR count). The summed E-state index contributed by atoms with van der Waals surface area (Å²) in [6.07, 6.45) is 6.23. The van der Waals surface area contributed by atoms with Crippen molar-refractivity contribution in [1.29, 1.82) is 0 Å². The fourth-order valence-electron chi connectivity index (χ4n) is 2.74. The van der Waals surface area contributed by atoms with Crippen molar-refractivity contribution in [1.82, 2.24) is 0 Å². The Balaban J connectivity index is 2.28. The molecule has 20 heavy (non-hydrogen) atoms. The third-order valence-corrected chi connectivity index (χ3v) is 3.99. The van der Waals surface area contributed by atoms with Gasteiger partial charge < -0.3 is 14.8 Å². The average Bonchev–Trinajstić information content (AvgIpc) is 2.49. The molecule has 0 bridgehead atoms. The highest BCUT2D eigenvalue weighted by Gasteiger charge is 2.18. The van der Waals surface area contributed by atoms with E-state index in [2.05, 4.69) is 5.32 Å². The number of hydrogen-bond donors (Lipinski definition) is 1. The van der Waals surface area contributed by atoms with E-state index in [4.69, 9.17) is 9.47 Å². The van der Waals surface area contributed by atoms with Gasteiger partial charge in [-0.05, 0) is 31.4 Å². The summed E-state index contributed by atoms with van der Waals surface area (Å²) in [6.45, 7) is 1.94. The smallest absolute Gasteiger partial charge is 0.338 e. The number of nitrogens with one attached hydrogen (secondary N) is 1. The van der Waals surface area contributed by atoms with Crippen LogP contribution >= 0.6 is 0 Å². The number of benzene rings is 1. The third kappa shape index (κ3) is 3.24. The normalized spacial score (nSPS) is 15.8. The first-order chi connectivity index (χ1) is 9.65. The zero-order valence-corrected chi connectivity index (χ0v) is 12.5. The molecule has 0 spiro atoms. The zero-order valence-electron chi connectivity index (χ0n) is 12.5. The van der Waals surface area contributed by atoms with Crippen molar-refractivity contribution in [3.8, 4) is 5.75 Å². The molecule has 1 aromatic rings. The molecular formula is C16H23NO3.